The van der Waals surface area contributed by atoms with Gasteiger partial charge in [0.1, 0.15) is 0 Å². The highest BCUT2D eigenvalue weighted by Crippen LogP contribution is 2.19. The molecular formula is C13H25N3O. The number of hydrogen-bond acceptors (Lipinski definition) is 2. The van der Waals surface area contributed by atoms with Crippen LogP contribution >= 0.6 is 0 Å². The van der Waals surface area contributed by atoms with Crippen molar-refractivity contribution in [3.05, 3.63) is 0 Å². The summed E-state index contributed by atoms with van der Waals surface area (Å²) < 4.78 is 0. The molecule has 0 aromatic heterocycles. The molecule has 4 nitrogen and oxygen atoms in total. The molecule has 0 radical (unpaired) electrons. The van der Waals surface area contributed by atoms with E-state index < -0.39 is 0 Å². The topological polar surface area (TPSA) is 44.4 Å². The predicted octanol–water partition coefficient (Wildman–Crippen LogP) is 1.57. The van der Waals surface area contributed by atoms with Crippen LogP contribution in [0, 0.1) is 5.92 Å². The van der Waals surface area contributed by atoms with E-state index in [2.05, 4.69) is 29.4 Å². The summed E-state index contributed by atoms with van der Waals surface area (Å²) in [5, 5.41) is 5.99. The first-order chi connectivity index (χ1) is 8.16. The standard InChI is InChI=1S/C13H25N3O/c1-10(2)12(16-7-3-4-8-16)9-14-13(17)15-11-5-6-11/h10-12H,3-9H2,1-2H3,(H2,14,15,17). The number of nitrogens with zero attached hydrogens (tertiary/aromatic N) is 1. The van der Waals surface area contributed by atoms with E-state index in [-0.39, 0.29) is 6.03 Å². The molecule has 17 heavy (non-hydrogen) atoms. The molecule has 1 saturated carbocycles. The van der Waals surface area contributed by atoms with Gasteiger partial charge in [-0.2, -0.15) is 0 Å². The van der Waals surface area contributed by atoms with Crippen LogP contribution < -0.4 is 10.6 Å². The summed E-state index contributed by atoms with van der Waals surface area (Å²) in [7, 11) is 0. The Bertz CT molecular complexity index is 257. The zero-order valence-corrected chi connectivity index (χ0v) is 11.0. The van der Waals surface area contributed by atoms with E-state index in [1.165, 1.54) is 25.9 Å². The number of amides is 2. The third-order valence-electron chi connectivity index (χ3n) is 3.76. The Morgan fingerprint density at radius 3 is 2.47 bits per heavy atom. The maximum atomic E-state index is 11.6. The Hall–Kier alpha value is -0.770. The van der Waals surface area contributed by atoms with Gasteiger partial charge in [-0.1, -0.05) is 13.8 Å². The van der Waals surface area contributed by atoms with E-state index in [0.29, 0.717) is 18.0 Å². The average molecular weight is 239 g/mol. The van der Waals surface area contributed by atoms with Gasteiger partial charge in [-0.25, -0.2) is 4.79 Å². The lowest BCUT2D eigenvalue weighted by Gasteiger charge is -2.31. The van der Waals surface area contributed by atoms with Gasteiger partial charge in [0.2, 0.25) is 0 Å². The van der Waals surface area contributed by atoms with Gasteiger partial charge in [0.15, 0.2) is 0 Å². The first-order valence-electron chi connectivity index (χ1n) is 6.95. The van der Waals surface area contributed by atoms with Crippen LogP contribution in [0.3, 0.4) is 0 Å². The van der Waals surface area contributed by atoms with Gasteiger partial charge in [-0.05, 0) is 44.7 Å². The van der Waals surface area contributed by atoms with Gasteiger partial charge < -0.3 is 10.6 Å². The number of rotatable bonds is 5. The number of hydrogen-bond donors (Lipinski definition) is 2. The van der Waals surface area contributed by atoms with E-state index in [1.54, 1.807) is 0 Å². The van der Waals surface area contributed by atoms with E-state index in [4.69, 9.17) is 0 Å². The maximum absolute atomic E-state index is 11.6. The molecule has 98 valence electrons. The second kappa shape index (κ2) is 5.71. The van der Waals surface area contributed by atoms with Crippen molar-refractivity contribution in [3.8, 4) is 0 Å². The number of carbonyl (C=O) groups excluding carboxylic acids is 1. The number of carbonyl (C=O) groups is 1. The van der Waals surface area contributed by atoms with Crippen molar-refractivity contribution in [1.82, 2.24) is 15.5 Å². The molecule has 1 aliphatic carbocycles. The largest absolute Gasteiger partial charge is 0.337 e. The van der Waals surface area contributed by atoms with Crippen LogP contribution in [-0.2, 0) is 0 Å². The van der Waals surface area contributed by atoms with Crippen molar-refractivity contribution in [1.29, 1.82) is 0 Å². The first-order valence-corrected chi connectivity index (χ1v) is 6.95. The third kappa shape index (κ3) is 3.87. The van der Waals surface area contributed by atoms with Crippen molar-refractivity contribution >= 4 is 6.03 Å². The molecule has 4 heteroatoms. The zero-order chi connectivity index (χ0) is 12.3. The summed E-state index contributed by atoms with van der Waals surface area (Å²) in [6, 6.07) is 0.944. The number of urea groups is 1. The quantitative estimate of drug-likeness (QED) is 0.765. The highest BCUT2D eigenvalue weighted by molar-refractivity contribution is 5.74. The highest BCUT2D eigenvalue weighted by atomic mass is 16.2. The highest BCUT2D eigenvalue weighted by Gasteiger charge is 2.26. The monoisotopic (exact) mass is 239 g/mol. The van der Waals surface area contributed by atoms with E-state index >= 15 is 0 Å². The Labute approximate surface area is 104 Å². The van der Waals surface area contributed by atoms with Crippen molar-refractivity contribution in [2.24, 2.45) is 5.92 Å². The van der Waals surface area contributed by atoms with Crippen molar-refractivity contribution in [2.75, 3.05) is 19.6 Å². The molecular weight excluding hydrogens is 214 g/mol. The molecule has 0 aromatic carbocycles. The van der Waals surface area contributed by atoms with E-state index in [0.717, 1.165) is 19.4 Å². The minimum Gasteiger partial charge on any atom is -0.337 e. The molecule has 2 fully saturated rings. The molecule has 1 aliphatic heterocycles. The van der Waals surface area contributed by atoms with Crippen molar-refractivity contribution in [3.63, 3.8) is 0 Å². The molecule has 0 aromatic rings. The van der Waals surface area contributed by atoms with Gasteiger partial charge in [0.05, 0.1) is 0 Å². The minimum atomic E-state index is 0.0114. The third-order valence-corrected chi connectivity index (χ3v) is 3.76. The SMILES string of the molecule is CC(C)C(CNC(=O)NC1CC1)N1CCCC1. The van der Waals surface area contributed by atoms with Crippen LogP contribution in [0.4, 0.5) is 4.79 Å². The molecule has 0 bridgehead atoms. The number of nitrogens with one attached hydrogen (secondary N) is 2. The Balaban J connectivity index is 1.74. The van der Waals surface area contributed by atoms with Crippen LogP contribution in [0.1, 0.15) is 39.5 Å². The zero-order valence-electron chi connectivity index (χ0n) is 11.0. The van der Waals surface area contributed by atoms with Gasteiger partial charge in [0, 0.05) is 18.6 Å². The Morgan fingerprint density at radius 1 is 1.29 bits per heavy atom. The summed E-state index contributed by atoms with van der Waals surface area (Å²) >= 11 is 0. The first kappa shape index (κ1) is 12.7. The Kier molecular flexibility index (Phi) is 4.26. The average Bonchev–Trinajstić information content (AvgIpc) is 2.92. The van der Waals surface area contributed by atoms with Crippen LogP contribution in [-0.4, -0.2) is 42.6 Å². The fraction of sp³-hybridized carbons (Fsp3) is 0.923. The lowest BCUT2D eigenvalue weighted by Crippen LogP contribution is -2.48. The smallest absolute Gasteiger partial charge is 0.315 e. The summed E-state index contributed by atoms with van der Waals surface area (Å²) in [6.45, 7) is 7.63. The van der Waals surface area contributed by atoms with Crippen LogP contribution in [0.25, 0.3) is 0 Å². The van der Waals surface area contributed by atoms with Crippen LogP contribution in [0.15, 0.2) is 0 Å². The Morgan fingerprint density at radius 2 is 1.94 bits per heavy atom. The molecule has 2 amide bonds. The summed E-state index contributed by atoms with van der Waals surface area (Å²) in [4.78, 5) is 14.1. The van der Waals surface area contributed by atoms with Crippen molar-refractivity contribution < 1.29 is 4.79 Å². The fourth-order valence-corrected chi connectivity index (χ4v) is 2.52. The maximum Gasteiger partial charge on any atom is 0.315 e. The molecule has 1 saturated heterocycles. The van der Waals surface area contributed by atoms with Gasteiger partial charge in [0.25, 0.3) is 0 Å². The molecule has 1 heterocycles. The van der Waals surface area contributed by atoms with Gasteiger partial charge >= 0.3 is 6.03 Å². The number of likely N-dealkylation sites (tertiary alicyclic amines) is 1. The summed E-state index contributed by atoms with van der Waals surface area (Å²) in [5.74, 6) is 0.592. The molecule has 1 atom stereocenters. The summed E-state index contributed by atoms with van der Waals surface area (Å²) in [5.41, 5.74) is 0. The van der Waals surface area contributed by atoms with Crippen LogP contribution in [0.5, 0.6) is 0 Å². The van der Waals surface area contributed by atoms with Gasteiger partial charge in [-0.3, -0.25) is 4.90 Å². The lowest BCUT2D eigenvalue weighted by atomic mass is 10.0. The molecule has 2 aliphatic rings. The predicted molar refractivity (Wildman–Crippen MR) is 69.0 cm³/mol. The van der Waals surface area contributed by atoms with E-state index in [1.807, 2.05) is 0 Å². The normalized spacial score (nSPS) is 22.8. The lowest BCUT2D eigenvalue weighted by molar-refractivity contribution is 0.184. The van der Waals surface area contributed by atoms with Crippen molar-refractivity contribution in [2.45, 2.75) is 51.6 Å². The second-order valence-electron chi connectivity index (χ2n) is 5.68. The van der Waals surface area contributed by atoms with E-state index in [9.17, 15) is 4.79 Å². The molecule has 2 rings (SSSR count). The molecule has 1 unspecified atom stereocenters. The molecule has 0 spiro atoms. The molecule has 2 N–H and O–H groups in total. The fourth-order valence-electron chi connectivity index (χ4n) is 2.52. The minimum absolute atomic E-state index is 0.0114. The van der Waals surface area contributed by atoms with Gasteiger partial charge in [-0.15, -0.1) is 0 Å². The van der Waals surface area contributed by atoms with Crippen LogP contribution in [0.2, 0.25) is 0 Å². The second-order valence-corrected chi connectivity index (χ2v) is 5.68. The summed E-state index contributed by atoms with van der Waals surface area (Å²) in [6.07, 6.45) is 4.90.